The molecule has 0 radical (unpaired) electrons. The van der Waals surface area contributed by atoms with E-state index in [0.717, 1.165) is 48.1 Å². The van der Waals surface area contributed by atoms with Crippen molar-refractivity contribution in [1.29, 1.82) is 0 Å². The first-order chi connectivity index (χ1) is 9.69. The summed E-state index contributed by atoms with van der Waals surface area (Å²) >= 11 is 2.25. The molecule has 1 saturated heterocycles. The van der Waals surface area contributed by atoms with Crippen molar-refractivity contribution in [3.05, 3.63) is 33.4 Å². The number of piperidine rings is 1. The Bertz CT molecular complexity index is 433. The minimum Gasteiger partial charge on any atom is -0.377 e. The molecule has 0 bridgehead atoms. The summed E-state index contributed by atoms with van der Waals surface area (Å²) in [5.41, 5.74) is 0.807. The van der Waals surface area contributed by atoms with E-state index in [-0.39, 0.29) is 5.78 Å². The van der Waals surface area contributed by atoms with Crippen LogP contribution >= 0.6 is 22.6 Å². The van der Waals surface area contributed by atoms with Gasteiger partial charge in [0.05, 0.1) is 12.6 Å². The maximum absolute atomic E-state index is 12.3. The summed E-state index contributed by atoms with van der Waals surface area (Å²) in [5.74, 6) is 0.206. The average Bonchev–Trinajstić information content (AvgIpc) is 2.46. The Morgan fingerprint density at radius 1 is 1.40 bits per heavy atom. The lowest BCUT2D eigenvalue weighted by Crippen LogP contribution is -2.42. The van der Waals surface area contributed by atoms with Crippen LogP contribution in [0.2, 0.25) is 0 Å². The van der Waals surface area contributed by atoms with Gasteiger partial charge in [0, 0.05) is 22.3 Å². The SMILES string of the molecule is CCCOC1CCCN(CC(=O)c2ccc(I)cc2)C1. The Balaban J connectivity index is 1.85. The van der Waals surface area contributed by atoms with Gasteiger partial charge in [-0.15, -0.1) is 0 Å². The van der Waals surface area contributed by atoms with E-state index in [0.29, 0.717) is 12.6 Å². The lowest BCUT2D eigenvalue weighted by atomic mass is 10.1. The predicted octanol–water partition coefficient (Wildman–Crippen LogP) is 3.36. The Morgan fingerprint density at radius 3 is 2.85 bits per heavy atom. The minimum absolute atomic E-state index is 0.206. The van der Waals surface area contributed by atoms with Crippen LogP contribution in [0, 0.1) is 3.57 Å². The van der Waals surface area contributed by atoms with Gasteiger partial charge < -0.3 is 4.74 Å². The van der Waals surface area contributed by atoms with E-state index in [1.807, 2.05) is 24.3 Å². The Hall–Kier alpha value is -0.460. The number of halogens is 1. The summed E-state index contributed by atoms with van der Waals surface area (Å²) < 4.78 is 6.97. The van der Waals surface area contributed by atoms with E-state index in [9.17, 15) is 4.79 Å². The number of ketones is 1. The highest BCUT2D eigenvalue weighted by Gasteiger charge is 2.22. The average molecular weight is 387 g/mol. The monoisotopic (exact) mass is 387 g/mol. The van der Waals surface area contributed by atoms with Gasteiger partial charge in [-0.05, 0) is 60.5 Å². The van der Waals surface area contributed by atoms with Crippen molar-refractivity contribution < 1.29 is 9.53 Å². The van der Waals surface area contributed by atoms with Gasteiger partial charge in [0.1, 0.15) is 0 Å². The van der Waals surface area contributed by atoms with Crippen molar-refractivity contribution in [3.63, 3.8) is 0 Å². The molecule has 4 heteroatoms. The highest BCUT2D eigenvalue weighted by atomic mass is 127. The van der Waals surface area contributed by atoms with E-state index in [2.05, 4.69) is 34.4 Å². The van der Waals surface area contributed by atoms with Crippen molar-refractivity contribution in [1.82, 2.24) is 4.90 Å². The van der Waals surface area contributed by atoms with Crippen LogP contribution in [0.25, 0.3) is 0 Å². The van der Waals surface area contributed by atoms with E-state index in [1.165, 1.54) is 0 Å². The summed E-state index contributed by atoms with van der Waals surface area (Å²) in [7, 11) is 0. The van der Waals surface area contributed by atoms with Crippen molar-refractivity contribution in [3.8, 4) is 0 Å². The van der Waals surface area contributed by atoms with Gasteiger partial charge in [-0.25, -0.2) is 0 Å². The highest BCUT2D eigenvalue weighted by molar-refractivity contribution is 14.1. The Labute approximate surface area is 134 Å². The number of nitrogens with zero attached hydrogens (tertiary/aromatic N) is 1. The van der Waals surface area contributed by atoms with Crippen LogP contribution < -0.4 is 0 Å². The fourth-order valence-corrected chi connectivity index (χ4v) is 2.87. The van der Waals surface area contributed by atoms with Crippen LogP contribution in [-0.4, -0.2) is 43.0 Å². The molecule has 20 heavy (non-hydrogen) atoms. The molecule has 0 aliphatic carbocycles. The molecule has 1 aromatic carbocycles. The molecule has 2 rings (SSSR count). The predicted molar refractivity (Wildman–Crippen MR) is 89.2 cm³/mol. The molecule has 1 aromatic rings. The number of benzene rings is 1. The summed E-state index contributed by atoms with van der Waals surface area (Å²) in [6.45, 7) is 5.34. The second-order valence-corrected chi connectivity index (χ2v) is 6.55. The van der Waals surface area contributed by atoms with Crippen LogP contribution in [0.5, 0.6) is 0 Å². The molecule has 1 unspecified atom stereocenters. The van der Waals surface area contributed by atoms with Gasteiger partial charge in [-0.3, -0.25) is 9.69 Å². The zero-order chi connectivity index (χ0) is 14.4. The summed E-state index contributed by atoms with van der Waals surface area (Å²) in [6, 6.07) is 7.80. The van der Waals surface area contributed by atoms with Gasteiger partial charge in [-0.1, -0.05) is 19.1 Å². The van der Waals surface area contributed by atoms with Crippen molar-refractivity contribution in [2.24, 2.45) is 0 Å². The fourth-order valence-electron chi connectivity index (χ4n) is 2.51. The number of hydrogen-bond acceptors (Lipinski definition) is 3. The number of rotatable bonds is 6. The zero-order valence-electron chi connectivity index (χ0n) is 12.0. The number of hydrogen-bond donors (Lipinski definition) is 0. The summed E-state index contributed by atoms with van der Waals surface area (Å²) in [4.78, 5) is 14.5. The molecule has 0 aromatic heterocycles. The van der Waals surface area contributed by atoms with Gasteiger partial charge in [0.25, 0.3) is 0 Å². The second-order valence-electron chi connectivity index (χ2n) is 5.30. The van der Waals surface area contributed by atoms with Gasteiger partial charge in [0.2, 0.25) is 0 Å². The van der Waals surface area contributed by atoms with Gasteiger partial charge >= 0.3 is 0 Å². The first-order valence-corrected chi connectivity index (χ1v) is 8.39. The number of Topliss-reactive ketones (excluding diaryl/α,β-unsaturated/α-hetero) is 1. The quantitative estimate of drug-likeness (QED) is 0.554. The Morgan fingerprint density at radius 2 is 2.15 bits per heavy atom. The zero-order valence-corrected chi connectivity index (χ0v) is 14.1. The topological polar surface area (TPSA) is 29.5 Å². The lowest BCUT2D eigenvalue weighted by molar-refractivity contribution is 0.00131. The number of ether oxygens (including phenoxy) is 1. The molecular weight excluding hydrogens is 365 g/mol. The largest absolute Gasteiger partial charge is 0.377 e. The molecule has 0 N–H and O–H groups in total. The van der Waals surface area contributed by atoms with Crippen LogP contribution in [0.3, 0.4) is 0 Å². The van der Waals surface area contributed by atoms with E-state index in [4.69, 9.17) is 4.74 Å². The molecule has 1 aliphatic heterocycles. The molecule has 1 atom stereocenters. The fraction of sp³-hybridized carbons (Fsp3) is 0.562. The van der Waals surface area contributed by atoms with Crippen LogP contribution in [0.4, 0.5) is 0 Å². The molecule has 1 fully saturated rings. The minimum atomic E-state index is 0.206. The van der Waals surface area contributed by atoms with Crippen LogP contribution in [0.15, 0.2) is 24.3 Å². The molecule has 1 aliphatic rings. The molecule has 110 valence electrons. The third kappa shape index (κ3) is 4.82. The normalized spacial score (nSPS) is 20.0. The third-order valence-corrected chi connectivity index (χ3v) is 4.27. The molecule has 0 spiro atoms. The first-order valence-electron chi connectivity index (χ1n) is 7.31. The molecule has 0 saturated carbocycles. The first kappa shape index (κ1) is 15.9. The van der Waals surface area contributed by atoms with Crippen LogP contribution in [-0.2, 0) is 4.74 Å². The van der Waals surface area contributed by atoms with Gasteiger partial charge in [-0.2, -0.15) is 0 Å². The molecule has 3 nitrogen and oxygen atoms in total. The second kappa shape index (κ2) is 8.10. The number of likely N-dealkylation sites (tertiary alicyclic amines) is 1. The van der Waals surface area contributed by atoms with E-state index < -0.39 is 0 Å². The van der Waals surface area contributed by atoms with Crippen molar-refractivity contribution in [2.75, 3.05) is 26.2 Å². The maximum Gasteiger partial charge on any atom is 0.176 e. The van der Waals surface area contributed by atoms with Crippen molar-refractivity contribution >= 4 is 28.4 Å². The molecular formula is C16H22INO2. The van der Waals surface area contributed by atoms with Crippen LogP contribution in [0.1, 0.15) is 36.5 Å². The lowest BCUT2D eigenvalue weighted by Gasteiger charge is -2.32. The van der Waals surface area contributed by atoms with E-state index in [1.54, 1.807) is 0 Å². The van der Waals surface area contributed by atoms with Gasteiger partial charge in [0.15, 0.2) is 5.78 Å². The molecule has 1 heterocycles. The highest BCUT2D eigenvalue weighted by Crippen LogP contribution is 2.15. The number of carbonyl (C=O) groups excluding carboxylic acids is 1. The summed E-state index contributed by atoms with van der Waals surface area (Å²) in [5, 5.41) is 0. The maximum atomic E-state index is 12.3. The third-order valence-electron chi connectivity index (χ3n) is 3.55. The standard InChI is InChI=1S/C16H22INO2/c1-2-10-20-15-4-3-9-18(11-15)12-16(19)13-5-7-14(17)8-6-13/h5-8,15H,2-4,9-12H2,1H3. The smallest absolute Gasteiger partial charge is 0.176 e. The van der Waals surface area contributed by atoms with E-state index >= 15 is 0 Å². The van der Waals surface area contributed by atoms with Crippen molar-refractivity contribution in [2.45, 2.75) is 32.3 Å². The Kier molecular flexibility index (Phi) is 6.45. The molecule has 0 amide bonds. The summed E-state index contributed by atoms with van der Waals surface area (Å²) in [6.07, 6.45) is 3.59. The number of carbonyl (C=O) groups is 1.